The number of furan rings is 1. The van der Waals surface area contributed by atoms with E-state index < -0.39 is 11.9 Å². The molecule has 0 unspecified atom stereocenters. The fourth-order valence-electron chi connectivity index (χ4n) is 1.60. The Morgan fingerprint density at radius 1 is 1.17 bits per heavy atom. The van der Waals surface area contributed by atoms with Crippen molar-refractivity contribution in [3.63, 3.8) is 0 Å². The molecule has 0 saturated heterocycles. The van der Waals surface area contributed by atoms with E-state index in [0.29, 0.717) is 15.4 Å². The molecular formula is C15H13BrClNO5. The van der Waals surface area contributed by atoms with E-state index in [-0.39, 0.29) is 25.5 Å². The van der Waals surface area contributed by atoms with Crippen molar-refractivity contribution in [1.82, 2.24) is 5.32 Å². The highest BCUT2D eigenvalue weighted by Crippen LogP contribution is 2.22. The topological polar surface area (TPSA) is 77.8 Å². The molecule has 122 valence electrons. The van der Waals surface area contributed by atoms with Gasteiger partial charge in [-0.25, -0.2) is 0 Å². The second-order valence-electron chi connectivity index (χ2n) is 4.29. The summed E-state index contributed by atoms with van der Waals surface area (Å²) in [5.74, 6) is -0.458. The maximum Gasteiger partial charge on any atom is 0.325 e. The van der Waals surface area contributed by atoms with Crippen LogP contribution < -0.4 is 10.1 Å². The number of carbonyl (C=O) groups is 2. The van der Waals surface area contributed by atoms with Gasteiger partial charge < -0.3 is 19.2 Å². The molecule has 1 aromatic heterocycles. The van der Waals surface area contributed by atoms with Crippen LogP contribution in [0.5, 0.6) is 5.75 Å². The van der Waals surface area contributed by atoms with Gasteiger partial charge in [0.05, 0.1) is 5.02 Å². The molecule has 2 aromatic rings. The summed E-state index contributed by atoms with van der Waals surface area (Å²) < 4.78 is 15.8. The highest BCUT2D eigenvalue weighted by molar-refractivity contribution is 9.10. The van der Waals surface area contributed by atoms with Crippen molar-refractivity contribution in [2.24, 2.45) is 0 Å². The van der Waals surface area contributed by atoms with Crippen molar-refractivity contribution in [2.75, 3.05) is 19.8 Å². The third-order valence-corrected chi connectivity index (χ3v) is 3.37. The van der Waals surface area contributed by atoms with Crippen LogP contribution in [-0.2, 0) is 9.53 Å². The van der Waals surface area contributed by atoms with E-state index in [1.807, 2.05) is 0 Å². The van der Waals surface area contributed by atoms with Crippen molar-refractivity contribution in [1.29, 1.82) is 0 Å². The number of para-hydroxylation sites is 1. The summed E-state index contributed by atoms with van der Waals surface area (Å²) >= 11 is 9.00. The lowest BCUT2D eigenvalue weighted by Crippen LogP contribution is -2.31. The summed E-state index contributed by atoms with van der Waals surface area (Å²) in [7, 11) is 0. The fourth-order valence-corrected chi connectivity index (χ4v) is 2.09. The zero-order valence-electron chi connectivity index (χ0n) is 11.9. The van der Waals surface area contributed by atoms with Gasteiger partial charge in [0, 0.05) is 0 Å². The standard InChI is InChI=1S/C15H13BrClNO5/c16-13-6-5-12(23-13)15(20)18-9-14(19)22-8-7-21-11-4-2-1-3-10(11)17/h1-6H,7-9H2,(H,18,20). The fraction of sp³-hybridized carbons (Fsp3) is 0.200. The van der Waals surface area contributed by atoms with E-state index in [1.54, 1.807) is 30.3 Å². The molecule has 1 heterocycles. The number of hydrogen-bond acceptors (Lipinski definition) is 5. The largest absolute Gasteiger partial charge is 0.488 e. The normalized spacial score (nSPS) is 10.2. The highest BCUT2D eigenvalue weighted by Gasteiger charge is 2.12. The molecular weight excluding hydrogens is 390 g/mol. The number of halogens is 2. The number of rotatable bonds is 7. The molecule has 1 aromatic carbocycles. The van der Waals surface area contributed by atoms with Crippen LogP contribution in [0, 0.1) is 0 Å². The molecule has 0 bridgehead atoms. The van der Waals surface area contributed by atoms with E-state index in [9.17, 15) is 9.59 Å². The van der Waals surface area contributed by atoms with Crippen LogP contribution in [0.1, 0.15) is 10.6 Å². The zero-order valence-corrected chi connectivity index (χ0v) is 14.2. The van der Waals surface area contributed by atoms with Crippen LogP contribution in [0.2, 0.25) is 5.02 Å². The van der Waals surface area contributed by atoms with Crippen LogP contribution in [0.4, 0.5) is 0 Å². The maximum absolute atomic E-state index is 11.6. The van der Waals surface area contributed by atoms with E-state index in [0.717, 1.165) is 0 Å². The Bertz CT molecular complexity index is 688. The predicted octanol–water partition coefficient (Wildman–Crippen LogP) is 3.05. The molecule has 1 N–H and O–H groups in total. The smallest absolute Gasteiger partial charge is 0.325 e. The van der Waals surface area contributed by atoms with Crippen molar-refractivity contribution in [2.45, 2.75) is 0 Å². The Hall–Kier alpha value is -1.99. The first-order valence-corrected chi connectivity index (χ1v) is 7.80. The number of hydrogen-bond donors (Lipinski definition) is 1. The first-order chi connectivity index (χ1) is 11.1. The van der Waals surface area contributed by atoms with Crippen molar-refractivity contribution in [3.05, 3.63) is 51.9 Å². The molecule has 6 nitrogen and oxygen atoms in total. The molecule has 0 radical (unpaired) electrons. The maximum atomic E-state index is 11.6. The van der Waals surface area contributed by atoms with Gasteiger partial charge in [-0.1, -0.05) is 23.7 Å². The summed E-state index contributed by atoms with van der Waals surface area (Å²) in [6.45, 7) is -0.0516. The lowest BCUT2D eigenvalue weighted by molar-refractivity contribution is -0.143. The molecule has 1 amide bonds. The van der Waals surface area contributed by atoms with Gasteiger partial charge in [0.25, 0.3) is 5.91 Å². The SMILES string of the molecule is O=C(CNC(=O)c1ccc(Br)o1)OCCOc1ccccc1Cl. The average Bonchev–Trinajstić information content (AvgIpc) is 2.97. The van der Waals surface area contributed by atoms with E-state index in [1.165, 1.54) is 6.07 Å². The first kappa shape index (κ1) is 17.4. The van der Waals surface area contributed by atoms with E-state index in [2.05, 4.69) is 21.2 Å². The second kappa shape index (κ2) is 8.59. The lowest BCUT2D eigenvalue weighted by atomic mass is 10.3. The highest BCUT2D eigenvalue weighted by atomic mass is 79.9. The van der Waals surface area contributed by atoms with Gasteiger partial charge in [0.2, 0.25) is 0 Å². The lowest BCUT2D eigenvalue weighted by Gasteiger charge is -2.08. The summed E-state index contributed by atoms with van der Waals surface area (Å²) in [6, 6.07) is 10.1. The molecule has 0 fully saturated rings. The molecule has 0 saturated carbocycles. The number of carbonyl (C=O) groups excluding carboxylic acids is 2. The Kier molecular flexibility index (Phi) is 6.49. The minimum Gasteiger partial charge on any atom is -0.488 e. The van der Waals surface area contributed by atoms with Crippen LogP contribution in [-0.4, -0.2) is 31.6 Å². The van der Waals surface area contributed by atoms with Crippen LogP contribution in [0.25, 0.3) is 0 Å². The summed E-state index contributed by atoms with van der Waals surface area (Å²) in [5.41, 5.74) is 0. The second-order valence-corrected chi connectivity index (χ2v) is 5.47. The number of ether oxygens (including phenoxy) is 2. The van der Waals surface area contributed by atoms with Gasteiger partial charge in [-0.05, 0) is 40.2 Å². The quantitative estimate of drug-likeness (QED) is 0.569. The number of amides is 1. The van der Waals surface area contributed by atoms with Gasteiger partial charge in [-0.2, -0.15) is 0 Å². The van der Waals surface area contributed by atoms with E-state index in [4.69, 9.17) is 25.5 Å². The average molecular weight is 403 g/mol. The molecule has 23 heavy (non-hydrogen) atoms. The summed E-state index contributed by atoms with van der Waals surface area (Å²) in [4.78, 5) is 23.1. The molecule has 0 aliphatic carbocycles. The molecule has 2 rings (SSSR count). The number of benzene rings is 1. The predicted molar refractivity (Wildman–Crippen MR) is 86.6 cm³/mol. The molecule has 8 heteroatoms. The zero-order chi connectivity index (χ0) is 16.7. The van der Waals surface area contributed by atoms with Crippen molar-refractivity contribution in [3.8, 4) is 5.75 Å². The van der Waals surface area contributed by atoms with Gasteiger partial charge in [0.1, 0.15) is 25.5 Å². The van der Waals surface area contributed by atoms with Gasteiger partial charge in [-0.3, -0.25) is 9.59 Å². The van der Waals surface area contributed by atoms with Crippen molar-refractivity contribution < 1.29 is 23.5 Å². The molecule has 0 spiro atoms. The monoisotopic (exact) mass is 401 g/mol. The van der Waals surface area contributed by atoms with Gasteiger partial charge >= 0.3 is 5.97 Å². The van der Waals surface area contributed by atoms with E-state index >= 15 is 0 Å². The van der Waals surface area contributed by atoms with Gasteiger partial charge in [0.15, 0.2) is 10.4 Å². The Morgan fingerprint density at radius 2 is 1.96 bits per heavy atom. The minimum absolute atomic E-state index is 0.0478. The van der Waals surface area contributed by atoms with Gasteiger partial charge in [-0.15, -0.1) is 0 Å². The first-order valence-electron chi connectivity index (χ1n) is 6.63. The van der Waals surface area contributed by atoms with Crippen LogP contribution in [0.3, 0.4) is 0 Å². The number of esters is 1. The third-order valence-electron chi connectivity index (χ3n) is 2.63. The molecule has 0 aliphatic rings. The Morgan fingerprint density at radius 3 is 2.65 bits per heavy atom. The minimum atomic E-state index is -0.577. The van der Waals surface area contributed by atoms with Crippen molar-refractivity contribution >= 4 is 39.4 Å². The van der Waals surface area contributed by atoms with Crippen LogP contribution >= 0.6 is 27.5 Å². The molecule has 0 atom stereocenters. The summed E-state index contributed by atoms with van der Waals surface area (Å²) in [5, 5.41) is 2.87. The third kappa shape index (κ3) is 5.61. The Labute approximate surface area is 145 Å². The molecule has 0 aliphatic heterocycles. The number of nitrogens with one attached hydrogen (secondary N) is 1. The summed E-state index contributed by atoms with van der Waals surface area (Å²) in [6.07, 6.45) is 0. The van der Waals surface area contributed by atoms with Crippen LogP contribution in [0.15, 0.2) is 45.5 Å². The Balaban J connectivity index is 1.64.